The molecule has 0 unspecified atom stereocenters. The predicted molar refractivity (Wildman–Crippen MR) is 284 cm³/mol. The van der Waals surface area contributed by atoms with Crippen molar-refractivity contribution in [3.63, 3.8) is 0 Å². The van der Waals surface area contributed by atoms with E-state index in [1.807, 2.05) is 85.2 Å². The van der Waals surface area contributed by atoms with Gasteiger partial charge in [0, 0.05) is 88.7 Å². The maximum atomic E-state index is 6.06. The van der Waals surface area contributed by atoms with Gasteiger partial charge in [-0.25, -0.2) is 15.0 Å². The smallest absolute Gasteiger partial charge is 0.113 e. The molecule has 0 fully saturated rings. The summed E-state index contributed by atoms with van der Waals surface area (Å²) in [5.41, 5.74) is 15.7. The van der Waals surface area contributed by atoms with Crippen molar-refractivity contribution in [3.8, 4) is 67.4 Å². The summed E-state index contributed by atoms with van der Waals surface area (Å²) in [6.07, 6.45) is 3.77. The highest BCUT2D eigenvalue weighted by molar-refractivity contribution is 7.13. The number of nitrogens with zero attached hydrogens (tertiary/aromatic N) is 10. The first kappa shape index (κ1) is 39.3. The molecule has 0 atom stereocenters. The minimum Gasteiger partial charge on any atom is -0.361 e. The van der Waals surface area contributed by atoms with Gasteiger partial charge >= 0.3 is 0 Å². The molecular weight excluding hydrogens is 897 g/mol. The number of benzene rings is 8. The Morgan fingerprint density at radius 3 is 2.00 bits per heavy atom. The molecule has 15 aromatic rings. The molecular formula is C58H32N12S. The second kappa shape index (κ2) is 15.4. The van der Waals surface area contributed by atoms with E-state index >= 15 is 0 Å². The molecule has 7 aromatic heterocycles. The topological polar surface area (TPSA) is 160 Å². The van der Waals surface area contributed by atoms with E-state index < -0.39 is 0 Å². The molecule has 0 bridgehead atoms. The Kier molecular flexibility index (Phi) is 8.52. The number of hydrogen-bond donors (Lipinski definition) is 2. The molecule has 71 heavy (non-hydrogen) atoms. The predicted octanol–water partition coefficient (Wildman–Crippen LogP) is 13.6. The third kappa shape index (κ3) is 5.96. The number of hydrogen-bond acceptors (Lipinski definition) is 11. The Morgan fingerprint density at radius 2 is 1.13 bits per heavy atom. The molecule has 0 aliphatic rings. The second-order valence-corrected chi connectivity index (χ2v) is 18.3. The highest BCUT2D eigenvalue weighted by Gasteiger charge is 2.33. The molecule has 0 amide bonds. The van der Waals surface area contributed by atoms with Crippen LogP contribution < -0.4 is 0 Å². The Bertz CT molecular complexity index is 4630. The van der Waals surface area contributed by atoms with Gasteiger partial charge in [0.15, 0.2) is 0 Å². The van der Waals surface area contributed by atoms with Crippen molar-refractivity contribution in [1.82, 2.24) is 60.1 Å². The molecule has 0 saturated heterocycles. The van der Waals surface area contributed by atoms with E-state index in [1.54, 1.807) is 0 Å². The minimum absolute atomic E-state index is 0.608. The lowest BCUT2D eigenvalue weighted by Crippen LogP contribution is -2.05. The number of H-pyrrole nitrogens is 2. The van der Waals surface area contributed by atoms with Crippen molar-refractivity contribution in [3.05, 3.63) is 182 Å². The lowest BCUT2D eigenvalue weighted by Gasteiger charge is -2.25. The van der Waals surface area contributed by atoms with Gasteiger partial charge in [0.25, 0.3) is 0 Å². The zero-order valence-corrected chi connectivity index (χ0v) is 38.0. The molecule has 12 nitrogen and oxygen atoms in total. The van der Waals surface area contributed by atoms with Crippen LogP contribution in [0.3, 0.4) is 0 Å². The summed E-state index contributed by atoms with van der Waals surface area (Å²) in [6, 6.07) is 57.8. The Morgan fingerprint density at radius 1 is 0.408 bits per heavy atom. The van der Waals surface area contributed by atoms with Crippen LogP contribution in [0.4, 0.5) is 0 Å². The normalized spacial score (nSPS) is 11.9. The third-order valence-corrected chi connectivity index (χ3v) is 14.3. The number of fused-ring (bicyclic) bond motifs is 9. The third-order valence-electron chi connectivity index (χ3n) is 13.6. The van der Waals surface area contributed by atoms with Crippen molar-refractivity contribution >= 4 is 98.1 Å². The molecule has 2 N–H and O–H groups in total. The monoisotopic (exact) mass is 928 g/mol. The van der Waals surface area contributed by atoms with Crippen LogP contribution in [-0.2, 0) is 0 Å². The van der Waals surface area contributed by atoms with Crippen LogP contribution in [0.2, 0.25) is 0 Å². The Labute approximate surface area is 405 Å². The first-order valence-corrected chi connectivity index (χ1v) is 23.9. The largest absolute Gasteiger partial charge is 0.361 e. The summed E-state index contributed by atoms with van der Waals surface area (Å²) in [4.78, 5) is 24.1. The molecule has 13 heteroatoms. The summed E-state index contributed by atoms with van der Waals surface area (Å²) in [5.74, 6) is 0. The Hall–Kier alpha value is -9.72. The average Bonchev–Trinajstić information content (AvgIpc) is 4.24. The first-order chi connectivity index (χ1) is 35.2. The molecule has 8 aromatic carbocycles. The van der Waals surface area contributed by atoms with E-state index in [1.165, 1.54) is 11.5 Å². The van der Waals surface area contributed by atoms with Crippen molar-refractivity contribution < 1.29 is 0 Å². The quantitative estimate of drug-likeness (QED) is 0.121. The first-order valence-electron chi connectivity index (χ1n) is 23.1. The van der Waals surface area contributed by atoms with E-state index in [9.17, 15) is 0 Å². The van der Waals surface area contributed by atoms with Gasteiger partial charge in [0.1, 0.15) is 16.9 Å². The highest BCUT2D eigenvalue weighted by atomic mass is 32.1. The van der Waals surface area contributed by atoms with E-state index in [2.05, 4.69) is 122 Å². The number of rotatable bonds is 6. The molecule has 330 valence electrons. The Balaban J connectivity index is 1.28. The SMILES string of the molecule is c1c[nH]c(-c2cccc3c2c(-c2cc4ccccc4[nH]2)nc2c(-c4nncc5ccccc45)c(-c4cccc5snnc45)c(-c4nnnc5ccccc45)c(-c4cccc5nc6ccccc6nc45)c23)c1. The lowest BCUT2D eigenvalue weighted by atomic mass is 9.79. The van der Waals surface area contributed by atoms with Crippen molar-refractivity contribution in [2.75, 3.05) is 0 Å². The van der Waals surface area contributed by atoms with Crippen LogP contribution >= 0.6 is 11.5 Å². The fourth-order valence-corrected chi connectivity index (χ4v) is 11.2. The van der Waals surface area contributed by atoms with Crippen molar-refractivity contribution in [2.24, 2.45) is 0 Å². The number of aromatic nitrogens is 12. The van der Waals surface area contributed by atoms with Crippen LogP contribution in [0.5, 0.6) is 0 Å². The van der Waals surface area contributed by atoms with Gasteiger partial charge in [-0.15, -0.1) is 20.4 Å². The van der Waals surface area contributed by atoms with Gasteiger partial charge in [0.05, 0.1) is 55.4 Å². The lowest BCUT2D eigenvalue weighted by molar-refractivity contribution is 0.901. The molecule has 0 spiro atoms. The van der Waals surface area contributed by atoms with Crippen LogP contribution in [0.1, 0.15) is 0 Å². The van der Waals surface area contributed by atoms with E-state index in [0.29, 0.717) is 27.9 Å². The standard InChI is InChI=1S/C58H32N12S/c1-3-15-33-32(14-1)30-60-66-55(33)52-49(38-20-11-27-46-54(38)68-70-71-46)51(56-35-16-4-6-22-41(35)65-69-67-56)48(37-19-10-25-44-53(37)63-43-24-8-7-23-42(43)62-44)50-36-18-9-17-34(40-26-12-28-59-40)47(36)57(64-58(50)52)45-29-31-13-2-5-21-39(31)61-45/h1-30,59,61H. The van der Waals surface area contributed by atoms with Crippen LogP contribution in [0.15, 0.2) is 182 Å². The fraction of sp³-hybridized carbons (Fsp3) is 0. The van der Waals surface area contributed by atoms with Gasteiger partial charge in [-0.05, 0) is 76.7 Å². The van der Waals surface area contributed by atoms with Crippen molar-refractivity contribution in [1.29, 1.82) is 0 Å². The summed E-state index contributed by atoms with van der Waals surface area (Å²) < 4.78 is 5.45. The van der Waals surface area contributed by atoms with Gasteiger partial charge in [-0.3, -0.25) is 0 Å². The summed E-state index contributed by atoms with van der Waals surface area (Å²) in [5, 5.41) is 35.4. The number of pyridine rings is 1. The van der Waals surface area contributed by atoms with Crippen LogP contribution in [0.25, 0.3) is 154 Å². The molecule has 15 rings (SSSR count). The maximum absolute atomic E-state index is 6.06. The fourth-order valence-electron chi connectivity index (χ4n) is 10.6. The minimum atomic E-state index is 0.608. The van der Waals surface area contributed by atoms with E-state index in [4.69, 9.17) is 35.3 Å². The number of nitrogens with one attached hydrogen (secondary N) is 2. The number of para-hydroxylation sites is 4. The van der Waals surface area contributed by atoms with Crippen LogP contribution in [-0.4, -0.2) is 60.1 Å². The molecule has 0 aliphatic carbocycles. The van der Waals surface area contributed by atoms with E-state index in [0.717, 1.165) is 126 Å². The van der Waals surface area contributed by atoms with Crippen LogP contribution in [0, 0.1) is 0 Å². The summed E-state index contributed by atoms with van der Waals surface area (Å²) >= 11 is 1.35. The van der Waals surface area contributed by atoms with Gasteiger partial charge in [-0.1, -0.05) is 120 Å². The van der Waals surface area contributed by atoms with Gasteiger partial charge < -0.3 is 9.97 Å². The summed E-state index contributed by atoms with van der Waals surface area (Å²) in [6.45, 7) is 0. The van der Waals surface area contributed by atoms with Crippen molar-refractivity contribution in [2.45, 2.75) is 0 Å². The zero-order chi connectivity index (χ0) is 46.6. The van der Waals surface area contributed by atoms with Gasteiger partial charge in [0.2, 0.25) is 0 Å². The van der Waals surface area contributed by atoms with E-state index in [-0.39, 0.29) is 0 Å². The summed E-state index contributed by atoms with van der Waals surface area (Å²) in [7, 11) is 0. The molecule has 0 radical (unpaired) electrons. The maximum Gasteiger partial charge on any atom is 0.113 e. The number of aromatic amines is 2. The highest BCUT2D eigenvalue weighted by Crippen LogP contribution is 2.55. The second-order valence-electron chi connectivity index (χ2n) is 17.5. The molecule has 7 heterocycles. The molecule has 0 saturated carbocycles. The van der Waals surface area contributed by atoms with Gasteiger partial charge in [-0.2, -0.15) is 5.10 Å². The molecule has 0 aliphatic heterocycles. The zero-order valence-electron chi connectivity index (χ0n) is 37.2. The average molecular weight is 929 g/mol.